The predicted octanol–water partition coefficient (Wildman–Crippen LogP) is 2.23. The molecule has 0 radical (unpaired) electrons. The summed E-state index contributed by atoms with van der Waals surface area (Å²) in [7, 11) is 0. The standard InChI is InChI=1S/C11H17N3O/c1-7(2)12-11(15)14-10-6-5-8(3)13-9(10)4/h5-7H,1-4H3,(H2,12,14,15). The van der Waals surface area contributed by atoms with Gasteiger partial charge in [0.15, 0.2) is 0 Å². The Kier molecular flexibility index (Phi) is 3.66. The third kappa shape index (κ3) is 3.58. The van der Waals surface area contributed by atoms with E-state index < -0.39 is 0 Å². The molecule has 4 nitrogen and oxygen atoms in total. The van der Waals surface area contributed by atoms with Gasteiger partial charge in [-0.3, -0.25) is 4.98 Å². The van der Waals surface area contributed by atoms with Crippen LogP contribution in [0.1, 0.15) is 25.2 Å². The van der Waals surface area contributed by atoms with E-state index in [9.17, 15) is 4.79 Å². The van der Waals surface area contributed by atoms with Gasteiger partial charge >= 0.3 is 6.03 Å². The average Bonchev–Trinajstić information content (AvgIpc) is 2.08. The summed E-state index contributed by atoms with van der Waals surface area (Å²) in [5, 5.41) is 5.51. The first-order valence-electron chi connectivity index (χ1n) is 5.01. The predicted molar refractivity (Wildman–Crippen MR) is 61.0 cm³/mol. The van der Waals surface area contributed by atoms with Gasteiger partial charge in [0.1, 0.15) is 0 Å². The molecule has 0 aliphatic heterocycles. The van der Waals surface area contributed by atoms with Gasteiger partial charge in [0.2, 0.25) is 0 Å². The lowest BCUT2D eigenvalue weighted by Gasteiger charge is -2.11. The van der Waals surface area contributed by atoms with Crippen LogP contribution in [-0.2, 0) is 0 Å². The molecule has 0 saturated heterocycles. The number of hydrogen-bond donors (Lipinski definition) is 2. The molecule has 0 atom stereocenters. The number of hydrogen-bond acceptors (Lipinski definition) is 2. The number of aromatic nitrogens is 1. The molecule has 82 valence electrons. The number of carbonyl (C=O) groups excluding carboxylic acids is 1. The van der Waals surface area contributed by atoms with E-state index >= 15 is 0 Å². The largest absolute Gasteiger partial charge is 0.336 e. The van der Waals surface area contributed by atoms with E-state index in [0.717, 1.165) is 17.1 Å². The molecule has 1 rings (SSSR count). The van der Waals surface area contributed by atoms with Crippen LogP contribution >= 0.6 is 0 Å². The van der Waals surface area contributed by atoms with Crippen LogP contribution in [0.3, 0.4) is 0 Å². The van der Waals surface area contributed by atoms with Crippen molar-refractivity contribution in [1.82, 2.24) is 10.3 Å². The van der Waals surface area contributed by atoms with Crippen molar-refractivity contribution in [2.24, 2.45) is 0 Å². The van der Waals surface area contributed by atoms with E-state index in [0.29, 0.717) is 0 Å². The molecule has 0 fully saturated rings. The minimum absolute atomic E-state index is 0.128. The summed E-state index contributed by atoms with van der Waals surface area (Å²) in [6, 6.07) is 3.66. The highest BCUT2D eigenvalue weighted by Crippen LogP contribution is 2.12. The number of pyridine rings is 1. The number of nitrogens with one attached hydrogen (secondary N) is 2. The number of nitrogens with zero attached hydrogens (tertiary/aromatic N) is 1. The second kappa shape index (κ2) is 4.77. The number of aryl methyl sites for hydroxylation is 2. The molecule has 0 bridgehead atoms. The van der Waals surface area contributed by atoms with Gasteiger partial charge in [0.25, 0.3) is 0 Å². The third-order valence-electron chi connectivity index (χ3n) is 1.89. The first-order chi connectivity index (χ1) is 6.99. The van der Waals surface area contributed by atoms with Crippen molar-refractivity contribution in [3.63, 3.8) is 0 Å². The lowest BCUT2D eigenvalue weighted by molar-refractivity contribution is 0.250. The van der Waals surface area contributed by atoms with Gasteiger partial charge < -0.3 is 10.6 Å². The molecule has 1 aromatic rings. The highest BCUT2D eigenvalue weighted by molar-refractivity contribution is 5.89. The first-order valence-corrected chi connectivity index (χ1v) is 5.01. The van der Waals surface area contributed by atoms with Crippen LogP contribution in [0, 0.1) is 13.8 Å². The van der Waals surface area contributed by atoms with E-state index in [1.165, 1.54) is 0 Å². The Labute approximate surface area is 90.1 Å². The molecule has 2 amide bonds. The van der Waals surface area contributed by atoms with Crippen molar-refractivity contribution >= 4 is 11.7 Å². The van der Waals surface area contributed by atoms with Crippen LogP contribution in [0.25, 0.3) is 0 Å². The van der Waals surface area contributed by atoms with Crippen LogP contribution < -0.4 is 10.6 Å². The Bertz CT molecular complexity index is 361. The zero-order valence-electron chi connectivity index (χ0n) is 9.59. The Morgan fingerprint density at radius 3 is 2.53 bits per heavy atom. The number of urea groups is 1. The molecule has 1 heterocycles. The van der Waals surface area contributed by atoms with E-state index in [1.54, 1.807) is 0 Å². The van der Waals surface area contributed by atoms with Crippen LogP contribution in [0.15, 0.2) is 12.1 Å². The number of carbonyl (C=O) groups is 1. The molecular weight excluding hydrogens is 190 g/mol. The maximum Gasteiger partial charge on any atom is 0.319 e. The molecule has 0 aliphatic carbocycles. The Balaban J connectivity index is 2.68. The zero-order valence-corrected chi connectivity index (χ0v) is 9.59. The fourth-order valence-electron chi connectivity index (χ4n) is 1.24. The van der Waals surface area contributed by atoms with Gasteiger partial charge in [0, 0.05) is 11.7 Å². The van der Waals surface area contributed by atoms with Gasteiger partial charge in [0.05, 0.1) is 11.4 Å². The zero-order chi connectivity index (χ0) is 11.4. The fourth-order valence-corrected chi connectivity index (χ4v) is 1.24. The molecule has 0 unspecified atom stereocenters. The minimum atomic E-state index is -0.196. The Hall–Kier alpha value is -1.58. The summed E-state index contributed by atoms with van der Waals surface area (Å²) in [5.41, 5.74) is 2.52. The van der Waals surface area contributed by atoms with Gasteiger partial charge in [-0.25, -0.2) is 4.79 Å². The monoisotopic (exact) mass is 207 g/mol. The lowest BCUT2D eigenvalue weighted by Crippen LogP contribution is -2.34. The van der Waals surface area contributed by atoms with Crippen molar-refractivity contribution in [2.75, 3.05) is 5.32 Å². The van der Waals surface area contributed by atoms with E-state index in [2.05, 4.69) is 15.6 Å². The van der Waals surface area contributed by atoms with Gasteiger partial charge in [-0.1, -0.05) is 0 Å². The van der Waals surface area contributed by atoms with Crippen molar-refractivity contribution in [1.29, 1.82) is 0 Å². The summed E-state index contributed by atoms with van der Waals surface area (Å²) >= 11 is 0. The summed E-state index contributed by atoms with van der Waals surface area (Å²) in [5.74, 6) is 0. The number of rotatable bonds is 2. The molecule has 1 aromatic heterocycles. The Morgan fingerprint density at radius 2 is 2.00 bits per heavy atom. The fraction of sp³-hybridized carbons (Fsp3) is 0.455. The molecule has 0 spiro atoms. The summed E-state index contributed by atoms with van der Waals surface area (Å²) < 4.78 is 0. The topological polar surface area (TPSA) is 54.0 Å². The van der Waals surface area contributed by atoms with E-state index in [4.69, 9.17) is 0 Å². The van der Waals surface area contributed by atoms with Crippen LogP contribution in [0.4, 0.5) is 10.5 Å². The highest BCUT2D eigenvalue weighted by Gasteiger charge is 2.05. The molecule has 2 N–H and O–H groups in total. The molecule has 15 heavy (non-hydrogen) atoms. The van der Waals surface area contributed by atoms with E-state index in [1.807, 2.05) is 39.8 Å². The third-order valence-corrected chi connectivity index (χ3v) is 1.89. The minimum Gasteiger partial charge on any atom is -0.336 e. The molecule has 0 aliphatic rings. The average molecular weight is 207 g/mol. The number of anilines is 1. The summed E-state index contributed by atoms with van der Waals surface area (Å²) in [6.45, 7) is 7.63. The number of amides is 2. The molecule has 4 heteroatoms. The molecule has 0 saturated carbocycles. The Morgan fingerprint density at radius 1 is 1.33 bits per heavy atom. The van der Waals surface area contributed by atoms with Crippen molar-refractivity contribution in [2.45, 2.75) is 33.7 Å². The van der Waals surface area contributed by atoms with Crippen LogP contribution in [0.5, 0.6) is 0 Å². The van der Waals surface area contributed by atoms with Gasteiger partial charge in [-0.05, 0) is 39.8 Å². The van der Waals surface area contributed by atoms with Crippen LogP contribution in [0.2, 0.25) is 0 Å². The van der Waals surface area contributed by atoms with E-state index in [-0.39, 0.29) is 12.1 Å². The van der Waals surface area contributed by atoms with Crippen LogP contribution in [-0.4, -0.2) is 17.1 Å². The molecular formula is C11H17N3O. The second-order valence-corrected chi connectivity index (χ2v) is 3.84. The SMILES string of the molecule is Cc1ccc(NC(=O)NC(C)C)c(C)n1. The maximum atomic E-state index is 11.4. The quantitative estimate of drug-likeness (QED) is 0.781. The maximum absolute atomic E-state index is 11.4. The normalized spacial score (nSPS) is 10.2. The first kappa shape index (κ1) is 11.5. The summed E-state index contributed by atoms with van der Waals surface area (Å²) in [6.07, 6.45) is 0. The van der Waals surface area contributed by atoms with Gasteiger partial charge in [-0.2, -0.15) is 0 Å². The highest BCUT2D eigenvalue weighted by atomic mass is 16.2. The van der Waals surface area contributed by atoms with Gasteiger partial charge in [-0.15, -0.1) is 0 Å². The lowest BCUT2D eigenvalue weighted by atomic mass is 10.3. The second-order valence-electron chi connectivity index (χ2n) is 3.84. The van der Waals surface area contributed by atoms with Crippen molar-refractivity contribution in [3.8, 4) is 0 Å². The molecule has 0 aromatic carbocycles. The smallest absolute Gasteiger partial charge is 0.319 e. The summed E-state index contributed by atoms with van der Waals surface area (Å²) in [4.78, 5) is 15.7. The van der Waals surface area contributed by atoms with Crippen molar-refractivity contribution < 1.29 is 4.79 Å². The van der Waals surface area contributed by atoms with Crippen molar-refractivity contribution in [3.05, 3.63) is 23.5 Å².